The van der Waals surface area contributed by atoms with Crippen molar-refractivity contribution in [3.8, 4) is 0 Å². The van der Waals surface area contributed by atoms with E-state index in [0.29, 0.717) is 44.5 Å². The van der Waals surface area contributed by atoms with Gasteiger partial charge >= 0.3 is 6.03 Å². The topological polar surface area (TPSA) is 111 Å². The Labute approximate surface area is 204 Å². The Balaban J connectivity index is 1.26. The lowest BCUT2D eigenvalue weighted by Gasteiger charge is -2.31. The van der Waals surface area contributed by atoms with E-state index in [1.807, 2.05) is 48.2 Å². The first-order valence-corrected chi connectivity index (χ1v) is 12.0. The predicted molar refractivity (Wildman–Crippen MR) is 129 cm³/mol. The van der Waals surface area contributed by atoms with E-state index in [0.717, 1.165) is 10.6 Å². The molecule has 2 aliphatic heterocycles. The maximum absolute atomic E-state index is 13.1. The smallest absolute Gasteiger partial charge is 0.344 e. The van der Waals surface area contributed by atoms with Crippen LogP contribution < -0.4 is 16.1 Å². The molecule has 1 unspecified atom stereocenters. The van der Waals surface area contributed by atoms with Crippen molar-refractivity contribution in [2.75, 3.05) is 19.6 Å². The summed E-state index contributed by atoms with van der Waals surface area (Å²) in [7, 11) is 0. The molecule has 9 heteroatoms. The van der Waals surface area contributed by atoms with Gasteiger partial charge in [0.15, 0.2) is 0 Å². The highest BCUT2D eigenvalue weighted by Crippen LogP contribution is 2.31. The van der Waals surface area contributed by atoms with Crippen molar-refractivity contribution in [3.05, 3.63) is 71.8 Å². The van der Waals surface area contributed by atoms with E-state index < -0.39 is 23.4 Å². The van der Waals surface area contributed by atoms with Gasteiger partial charge in [0.1, 0.15) is 5.54 Å². The van der Waals surface area contributed by atoms with Crippen LogP contribution in [-0.4, -0.2) is 53.3 Å². The number of piperidine rings is 1. The third kappa shape index (κ3) is 5.35. The summed E-state index contributed by atoms with van der Waals surface area (Å²) >= 11 is 0. The van der Waals surface area contributed by atoms with Crippen LogP contribution in [0.15, 0.2) is 60.7 Å². The monoisotopic (exact) mass is 477 g/mol. The van der Waals surface area contributed by atoms with Crippen molar-refractivity contribution in [2.24, 2.45) is 5.92 Å². The Morgan fingerprint density at radius 3 is 2.26 bits per heavy atom. The van der Waals surface area contributed by atoms with Crippen LogP contribution >= 0.6 is 0 Å². The molecular formula is C26H31N5O4. The molecule has 2 aliphatic rings. The van der Waals surface area contributed by atoms with E-state index in [9.17, 15) is 19.2 Å². The van der Waals surface area contributed by atoms with Gasteiger partial charge in [0.05, 0.1) is 6.54 Å². The highest BCUT2D eigenvalue weighted by atomic mass is 16.2. The Kier molecular flexibility index (Phi) is 7.45. The SMILES string of the molecule is CCC1(c2ccccc2)NC(=O)N(NC(=O)CN2CCC(C(=O)NCc3ccccc3)CC2)C1=O. The number of rotatable bonds is 8. The van der Waals surface area contributed by atoms with Crippen molar-refractivity contribution in [3.63, 3.8) is 0 Å². The zero-order chi connectivity index (χ0) is 24.8. The van der Waals surface area contributed by atoms with Gasteiger partial charge in [-0.15, -0.1) is 0 Å². The molecule has 35 heavy (non-hydrogen) atoms. The van der Waals surface area contributed by atoms with Crippen LogP contribution in [0.1, 0.15) is 37.3 Å². The molecule has 5 amide bonds. The second-order valence-electron chi connectivity index (χ2n) is 8.98. The number of carbonyl (C=O) groups is 4. The zero-order valence-corrected chi connectivity index (χ0v) is 19.8. The molecule has 3 N–H and O–H groups in total. The fraction of sp³-hybridized carbons (Fsp3) is 0.385. The second kappa shape index (κ2) is 10.7. The summed E-state index contributed by atoms with van der Waals surface area (Å²) < 4.78 is 0. The van der Waals surface area contributed by atoms with E-state index in [1.54, 1.807) is 24.3 Å². The minimum Gasteiger partial charge on any atom is -0.352 e. The number of likely N-dealkylation sites (tertiary alicyclic amines) is 1. The van der Waals surface area contributed by atoms with E-state index in [2.05, 4.69) is 16.1 Å². The fourth-order valence-corrected chi connectivity index (χ4v) is 4.68. The maximum atomic E-state index is 13.1. The van der Waals surface area contributed by atoms with E-state index in [4.69, 9.17) is 0 Å². The summed E-state index contributed by atoms with van der Waals surface area (Å²) in [4.78, 5) is 52.8. The zero-order valence-electron chi connectivity index (χ0n) is 19.8. The molecule has 2 aromatic carbocycles. The molecule has 0 spiro atoms. The normalized spacial score (nSPS) is 21.0. The van der Waals surface area contributed by atoms with Crippen LogP contribution in [0.25, 0.3) is 0 Å². The van der Waals surface area contributed by atoms with Gasteiger partial charge in [-0.1, -0.05) is 67.6 Å². The van der Waals surface area contributed by atoms with Crippen LogP contribution in [0.5, 0.6) is 0 Å². The number of nitrogens with one attached hydrogen (secondary N) is 3. The van der Waals surface area contributed by atoms with Crippen LogP contribution in [-0.2, 0) is 26.5 Å². The van der Waals surface area contributed by atoms with Crippen LogP contribution in [0.2, 0.25) is 0 Å². The lowest BCUT2D eigenvalue weighted by molar-refractivity contribution is -0.140. The molecule has 2 saturated heterocycles. The third-order valence-corrected chi connectivity index (χ3v) is 6.76. The highest BCUT2D eigenvalue weighted by Gasteiger charge is 2.52. The molecule has 0 saturated carbocycles. The maximum Gasteiger partial charge on any atom is 0.344 e. The largest absolute Gasteiger partial charge is 0.352 e. The molecule has 9 nitrogen and oxygen atoms in total. The number of hydrazine groups is 1. The molecular weight excluding hydrogens is 446 g/mol. The van der Waals surface area contributed by atoms with Crippen LogP contribution in [0.4, 0.5) is 4.79 Å². The van der Waals surface area contributed by atoms with Gasteiger partial charge < -0.3 is 10.6 Å². The molecule has 2 aromatic rings. The number of hydrogen-bond acceptors (Lipinski definition) is 5. The van der Waals surface area contributed by atoms with Gasteiger partial charge in [0.25, 0.3) is 11.8 Å². The Morgan fingerprint density at radius 2 is 1.63 bits per heavy atom. The molecule has 0 aromatic heterocycles. The molecule has 1 atom stereocenters. The number of carbonyl (C=O) groups excluding carboxylic acids is 4. The average molecular weight is 478 g/mol. The number of hydrogen-bond donors (Lipinski definition) is 3. The molecule has 0 bridgehead atoms. The first kappa shape index (κ1) is 24.4. The molecule has 0 aliphatic carbocycles. The van der Waals surface area contributed by atoms with Gasteiger partial charge in [-0.05, 0) is 43.5 Å². The summed E-state index contributed by atoms with van der Waals surface area (Å²) in [5, 5.41) is 6.51. The molecule has 2 fully saturated rings. The fourth-order valence-electron chi connectivity index (χ4n) is 4.68. The van der Waals surface area contributed by atoms with Crippen molar-refractivity contribution >= 4 is 23.8 Å². The number of urea groups is 1. The predicted octanol–water partition coefficient (Wildman–Crippen LogP) is 1.90. The summed E-state index contributed by atoms with van der Waals surface area (Å²) in [5.74, 6) is -1.02. The molecule has 0 radical (unpaired) electrons. The summed E-state index contributed by atoms with van der Waals surface area (Å²) in [6.07, 6.45) is 1.64. The van der Waals surface area contributed by atoms with Crippen molar-refractivity contribution < 1.29 is 19.2 Å². The number of imide groups is 1. The molecule has 2 heterocycles. The first-order chi connectivity index (χ1) is 16.9. The lowest BCUT2D eigenvalue weighted by Crippen LogP contribution is -2.52. The minimum atomic E-state index is -1.20. The second-order valence-corrected chi connectivity index (χ2v) is 8.98. The van der Waals surface area contributed by atoms with Gasteiger partial charge in [-0.25, -0.2) is 4.79 Å². The van der Waals surface area contributed by atoms with Crippen molar-refractivity contribution in [1.82, 2.24) is 26.0 Å². The van der Waals surface area contributed by atoms with Gasteiger partial charge in [-0.3, -0.25) is 24.7 Å². The first-order valence-electron chi connectivity index (χ1n) is 12.0. The van der Waals surface area contributed by atoms with Gasteiger partial charge in [0, 0.05) is 12.5 Å². The van der Waals surface area contributed by atoms with E-state index >= 15 is 0 Å². The van der Waals surface area contributed by atoms with Gasteiger partial charge in [0.2, 0.25) is 5.91 Å². The Morgan fingerprint density at radius 1 is 1.00 bits per heavy atom. The van der Waals surface area contributed by atoms with E-state index in [1.165, 1.54) is 0 Å². The van der Waals surface area contributed by atoms with Crippen LogP contribution in [0.3, 0.4) is 0 Å². The number of benzene rings is 2. The lowest BCUT2D eigenvalue weighted by atomic mass is 9.87. The van der Waals surface area contributed by atoms with Crippen LogP contribution in [0, 0.1) is 5.92 Å². The minimum absolute atomic E-state index is 0.0223. The number of amides is 5. The van der Waals surface area contributed by atoms with Crippen molar-refractivity contribution in [2.45, 2.75) is 38.3 Å². The van der Waals surface area contributed by atoms with Gasteiger partial charge in [-0.2, -0.15) is 5.01 Å². The summed E-state index contributed by atoms with van der Waals surface area (Å²) in [5.41, 5.74) is 2.99. The Hall–Kier alpha value is -3.72. The van der Waals surface area contributed by atoms with E-state index in [-0.39, 0.29) is 18.4 Å². The average Bonchev–Trinajstić information content (AvgIpc) is 3.14. The standard InChI is InChI=1S/C26H31N5O4/c1-2-26(21-11-7-4-8-12-21)24(34)31(25(35)28-26)29-22(32)18-30-15-13-20(14-16-30)23(33)27-17-19-9-5-3-6-10-19/h3-12,20H,2,13-18H2,1H3,(H,27,33)(H,28,35)(H,29,32). The highest BCUT2D eigenvalue weighted by molar-refractivity contribution is 6.08. The number of nitrogens with zero attached hydrogens (tertiary/aromatic N) is 2. The third-order valence-electron chi connectivity index (χ3n) is 6.76. The Bertz CT molecular complexity index is 1070. The quantitative estimate of drug-likeness (QED) is 0.503. The van der Waals surface area contributed by atoms with Crippen molar-refractivity contribution in [1.29, 1.82) is 0 Å². The molecule has 4 rings (SSSR count). The molecule has 184 valence electrons. The summed E-state index contributed by atoms with van der Waals surface area (Å²) in [6, 6.07) is 18.1. The summed E-state index contributed by atoms with van der Waals surface area (Å²) in [6.45, 7) is 3.52.